The van der Waals surface area contributed by atoms with Crippen LogP contribution in [0, 0.1) is 6.92 Å². The first kappa shape index (κ1) is 13.3. The summed E-state index contributed by atoms with van der Waals surface area (Å²) in [7, 11) is -3.72. The number of nitrogens with one attached hydrogen (secondary N) is 2. The maximum Gasteiger partial charge on any atom is 0.328 e. The van der Waals surface area contributed by atoms with Gasteiger partial charge in [-0.05, 0) is 31.5 Å². The number of carboxylic acids is 1. The number of carboxylic acid groups (broad SMARTS) is 1. The minimum atomic E-state index is -3.72. The van der Waals surface area contributed by atoms with Crippen LogP contribution in [0.3, 0.4) is 0 Å². The molecule has 19 heavy (non-hydrogen) atoms. The van der Waals surface area contributed by atoms with Gasteiger partial charge in [-0.2, -0.15) is 0 Å². The lowest BCUT2D eigenvalue weighted by Gasteiger charge is -2.22. The lowest BCUT2D eigenvalue weighted by atomic mass is 10.2. The van der Waals surface area contributed by atoms with Gasteiger partial charge in [0.25, 0.3) is 10.0 Å². The Balaban J connectivity index is 2.44. The molecule has 0 bridgehead atoms. The van der Waals surface area contributed by atoms with Crippen LogP contribution in [0.15, 0.2) is 28.1 Å². The third-order valence-corrected chi connectivity index (χ3v) is 3.97. The van der Waals surface area contributed by atoms with Crippen molar-refractivity contribution in [3.8, 4) is 0 Å². The molecule has 0 aromatic heterocycles. The van der Waals surface area contributed by atoms with Crippen molar-refractivity contribution in [2.24, 2.45) is 4.99 Å². The number of guanidine groups is 1. The minimum Gasteiger partial charge on any atom is -0.480 e. The molecule has 0 aliphatic carbocycles. The highest BCUT2D eigenvalue weighted by atomic mass is 32.2. The Kier molecular flexibility index (Phi) is 3.19. The molecular formula is C11H13N3O4S. The molecule has 7 nitrogen and oxygen atoms in total. The van der Waals surface area contributed by atoms with Gasteiger partial charge in [-0.15, -0.1) is 0 Å². The molecule has 0 radical (unpaired) electrons. The fraction of sp³-hybridized carbons (Fsp3) is 0.273. The molecule has 1 aromatic rings. The molecule has 0 spiro atoms. The third-order valence-electron chi connectivity index (χ3n) is 2.59. The predicted molar refractivity (Wildman–Crippen MR) is 69.7 cm³/mol. The average molecular weight is 283 g/mol. The van der Waals surface area contributed by atoms with E-state index < -0.39 is 22.0 Å². The van der Waals surface area contributed by atoms with Gasteiger partial charge in [-0.25, -0.2) is 22.9 Å². The lowest BCUT2D eigenvalue weighted by molar-refractivity contribution is -0.137. The van der Waals surface area contributed by atoms with Crippen LogP contribution >= 0.6 is 0 Å². The van der Waals surface area contributed by atoms with Gasteiger partial charge in [-0.1, -0.05) is 6.07 Å². The van der Waals surface area contributed by atoms with Gasteiger partial charge in [-0.3, -0.25) is 0 Å². The maximum absolute atomic E-state index is 12.0. The van der Waals surface area contributed by atoms with E-state index in [0.29, 0.717) is 5.69 Å². The van der Waals surface area contributed by atoms with E-state index >= 15 is 0 Å². The van der Waals surface area contributed by atoms with Crippen molar-refractivity contribution < 1.29 is 18.3 Å². The number of nitrogens with zero attached hydrogens (tertiary/aromatic N) is 1. The largest absolute Gasteiger partial charge is 0.480 e. The van der Waals surface area contributed by atoms with Crippen LogP contribution in [0.4, 0.5) is 5.69 Å². The second-order valence-electron chi connectivity index (χ2n) is 4.22. The van der Waals surface area contributed by atoms with E-state index in [4.69, 9.17) is 5.11 Å². The first-order chi connectivity index (χ1) is 8.79. The van der Waals surface area contributed by atoms with Crippen molar-refractivity contribution in [1.82, 2.24) is 4.72 Å². The topological polar surface area (TPSA) is 108 Å². The molecule has 1 aromatic carbocycles. The number of aliphatic imine (C=N–C) groups is 1. The van der Waals surface area contributed by atoms with Crippen LogP contribution in [0.2, 0.25) is 0 Å². The Morgan fingerprint density at radius 2 is 2.11 bits per heavy atom. The summed E-state index contributed by atoms with van der Waals surface area (Å²) in [6.07, 6.45) is 0. The number of rotatable bonds is 2. The summed E-state index contributed by atoms with van der Waals surface area (Å²) in [6.45, 7) is 3.14. The number of aryl methyl sites for hydroxylation is 1. The summed E-state index contributed by atoms with van der Waals surface area (Å²) < 4.78 is 26.2. The zero-order valence-corrected chi connectivity index (χ0v) is 11.2. The van der Waals surface area contributed by atoms with E-state index in [1.54, 1.807) is 19.1 Å². The van der Waals surface area contributed by atoms with Crippen LogP contribution in [0.25, 0.3) is 0 Å². The summed E-state index contributed by atoms with van der Waals surface area (Å²) in [5, 5.41) is 11.5. The normalized spacial score (nSPS) is 20.0. The molecule has 102 valence electrons. The molecule has 1 heterocycles. The minimum absolute atomic E-state index is 0.0914. The molecule has 1 unspecified atom stereocenters. The molecule has 1 aliphatic heterocycles. The maximum atomic E-state index is 12.0. The number of fused-ring (bicyclic) bond motifs is 1. The first-order valence-electron chi connectivity index (χ1n) is 5.51. The highest BCUT2D eigenvalue weighted by Crippen LogP contribution is 2.25. The zero-order chi connectivity index (χ0) is 14.2. The highest BCUT2D eigenvalue weighted by Gasteiger charge is 2.27. The van der Waals surface area contributed by atoms with Gasteiger partial charge in [0.2, 0.25) is 5.96 Å². The van der Waals surface area contributed by atoms with Crippen molar-refractivity contribution in [3.63, 3.8) is 0 Å². The monoisotopic (exact) mass is 283 g/mol. The van der Waals surface area contributed by atoms with Gasteiger partial charge < -0.3 is 10.4 Å². The Labute approximate surface area is 110 Å². The molecule has 0 fully saturated rings. The fourth-order valence-electron chi connectivity index (χ4n) is 1.60. The summed E-state index contributed by atoms with van der Waals surface area (Å²) in [5.74, 6) is -1.23. The smallest absolute Gasteiger partial charge is 0.328 e. The fourth-order valence-corrected chi connectivity index (χ4v) is 2.82. The number of hydrogen-bond acceptors (Lipinski definition) is 4. The van der Waals surface area contributed by atoms with Gasteiger partial charge in [0.05, 0.1) is 5.69 Å². The molecule has 2 rings (SSSR count). The summed E-state index contributed by atoms with van der Waals surface area (Å²) in [6, 6.07) is 3.86. The van der Waals surface area contributed by atoms with Crippen LogP contribution in [0.1, 0.15) is 12.5 Å². The Hall–Kier alpha value is -2.09. The molecule has 0 amide bonds. The van der Waals surface area contributed by atoms with Gasteiger partial charge >= 0.3 is 5.97 Å². The molecular weight excluding hydrogens is 270 g/mol. The molecule has 1 atom stereocenters. The van der Waals surface area contributed by atoms with E-state index in [1.165, 1.54) is 13.0 Å². The number of hydrogen-bond donors (Lipinski definition) is 3. The summed E-state index contributed by atoms with van der Waals surface area (Å²) in [5.41, 5.74) is 1.19. The highest BCUT2D eigenvalue weighted by molar-refractivity contribution is 7.90. The van der Waals surface area contributed by atoms with E-state index in [2.05, 4.69) is 15.0 Å². The van der Waals surface area contributed by atoms with Crippen LogP contribution in [0.5, 0.6) is 0 Å². The zero-order valence-electron chi connectivity index (χ0n) is 10.3. The van der Waals surface area contributed by atoms with Gasteiger partial charge in [0.1, 0.15) is 10.9 Å². The second-order valence-corrected chi connectivity index (χ2v) is 5.87. The van der Waals surface area contributed by atoms with Crippen molar-refractivity contribution >= 4 is 27.6 Å². The standard InChI is InChI=1S/C11H13N3O4S/c1-6-3-4-8-9(5-6)19(17,18)14-11(13-8)12-7(2)10(15)16/h3-5,7H,1-2H3,(H,15,16)(H2,12,13,14). The molecule has 8 heteroatoms. The average Bonchev–Trinajstić information content (AvgIpc) is 2.29. The van der Waals surface area contributed by atoms with Crippen molar-refractivity contribution in [3.05, 3.63) is 23.8 Å². The number of carbonyl (C=O) groups is 1. The second kappa shape index (κ2) is 4.54. The Bertz CT molecular complexity index is 667. The quantitative estimate of drug-likeness (QED) is 0.733. The summed E-state index contributed by atoms with van der Waals surface area (Å²) >= 11 is 0. The van der Waals surface area contributed by atoms with E-state index in [-0.39, 0.29) is 10.9 Å². The lowest BCUT2D eigenvalue weighted by Crippen LogP contribution is -2.41. The summed E-state index contributed by atoms with van der Waals surface area (Å²) in [4.78, 5) is 14.6. The molecule has 1 aliphatic rings. The third kappa shape index (κ3) is 2.68. The Morgan fingerprint density at radius 3 is 2.74 bits per heavy atom. The Morgan fingerprint density at radius 1 is 1.42 bits per heavy atom. The van der Waals surface area contributed by atoms with Gasteiger partial charge in [0, 0.05) is 0 Å². The van der Waals surface area contributed by atoms with Crippen molar-refractivity contribution in [2.75, 3.05) is 5.32 Å². The molecule has 0 saturated carbocycles. The predicted octanol–water partition coefficient (Wildman–Crippen LogP) is 0.528. The molecule has 0 saturated heterocycles. The SMILES string of the molecule is Cc1ccc2c(c1)S(=O)(=O)NC(=NC(C)C(=O)O)N2. The van der Waals surface area contributed by atoms with E-state index in [9.17, 15) is 13.2 Å². The number of sulfonamides is 1. The van der Waals surface area contributed by atoms with Crippen LogP contribution in [-0.2, 0) is 14.8 Å². The van der Waals surface area contributed by atoms with Gasteiger partial charge in [0.15, 0.2) is 0 Å². The number of aliphatic carboxylic acids is 1. The van der Waals surface area contributed by atoms with E-state index in [0.717, 1.165) is 5.56 Å². The van der Waals surface area contributed by atoms with Crippen molar-refractivity contribution in [2.45, 2.75) is 24.8 Å². The molecule has 3 N–H and O–H groups in total. The van der Waals surface area contributed by atoms with Crippen LogP contribution in [-0.4, -0.2) is 31.5 Å². The number of benzene rings is 1. The van der Waals surface area contributed by atoms with Crippen molar-refractivity contribution in [1.29, 1.82) is 0 Å². The number of anilines is 1. The van der Waals surface area contributed by atoms with Crippen LogP contribution < -0.4 is 10.0 Å². The van der Waals surface area contributed by atoms with E-state index in [1.807, 2.05) is 0 Å². The first-order valence-corrected chi connectivity index (χ1v) is 6.99.